The molecule has 1 fully saturated rings. The molecule has 4 nitrogen and oxygen atoms in total. The minimum absolute atomic E-state index is 0.227. The van der Waals surface area contributed by atoms with Gasteiger partial charge in [0.2, 0.25) is 0 Å². The predicted molar refractivity (Wildman–Crippen MR) is 91.6 cm³/mol. The summed E-state index contributed by atoms with van der Waals surface area (Å²) in [6.07, 6.45) is 2.34. The molecule has 0 bridgehead atoms. The van der Waals surface area contributed by atoms with E-state index in [1.165, 1.54) is 18.4 Å². The van der Waals surface area contributed by atoms with Crippen LogP contribution in [0.3, 0.4) is 0 Å². The number of halogens is 1. The molecule has 5 heteroatoms. The van der Waals surface area contributed by atoms with Crippen LogP contribution in [0.1, 0.15) is 28.8 Å². The second kappa shape index (κ2) is 6.01. The van der Waals surface area contributed by atoms with Gasteiger partial charge in [-0.25, -0.2) is 4.39 Å². The predicted octanol–water partition coefficient (Wildman–Crippen LogP) is 3.70. The second-order valence-electron chi connectivity index (χ2n) is 6.48. The molecule has 1 aromatic heterocycles. The molecule has 25 heavy (non-hydrogen) atoms. The summed E-state index contributed by atoms with van der Waals surface area (Å²) in [5, 5.41) is 11.4. The molecule has 2 heterocycles. The molecule has 128 valence electrons. The Morgan fingerprint density at radius 3 is 2.56 bits per heavy atom. The molecule has 0 atom stereocenters. The van der Waals surface area contributed by atoms with Crippen LogP contribution in [-0.2, 0) is 5.60 Å². The van der Waals surface area contributed by atoms with Gasteiger partial charge in [-0.2, -0.15) is 0 Å². The van der Waals surface area contributed by atoms with Crippen LogP contribution in [0.4, 0.5) is 4.39 Å². The van der Waals surface area contributed by atoms with Gasteiger partial charge in [-0.1, -0.05) is 30.3 Å². The van der Waals surface area contributed by atoms with Crippen molar-refractivity contribution >= 4 is 16.9 Å². The Bertz CT molecular complexity index is 911. The van der Waals surface area contributed by atoms with Gasteiger partial charge < -0.3 is 14.4 Å². The average molecular weight is 339 g/mol. The normalized spacial score (nSPS) is 17.0. The number of carbonyl (C=O) groups is 1. The van der Waals surface area contributed by atoms with Crippen molar-refractivity contribution in [2.75, 3.05) is 13.1 Å². The number of piperidine rings is 1. The highest BCUT2D eigenvalue weighted by atomic mass is 19.1. The first-order chi connectivity index (χ1) is 12.1. The highest BCUT2D eigenvalue weighted by Gasteiger charge is 2.36. The molecule has 1 aliphatic rings. The van der Waals surface area contributed by atoms with Crippen molar-refractivity contribution in [3.05, 3.63) is 71.7 Å². The van der Waals surface area contributed by atoms with Crippen molar-refractivity contribution in [2.45, 2.75) is 18.4 Å². The molecule has 1 amide bonds. The molecular weight excluding hydrogens is 321 g/mol. The largest absolute Gasteiger partial charge is 0.464 e. The van der Waals surface area contributed by atoms with Crippen LogP contribution < -0.4 is 0 Å². The molecule has 1 aliphatic heterocycles. The van der Waals surface area contributed by atoms with E-state index >= 15 is 0 Å². The Morgan fingerprint density at radius 2 is 1.84 bits per heavy atom. The number of fused-ring (bicyclic) bond motifs is 1. The number of carbonyl (C=O) groups excluding carboxylic acids is 1. The third-order valence-corrected chi connectivity index (χ3v) is 4.94. The summed E-state index contributed by atoms with van der Waals surface area (Å²) in [6.45, 7) is 0.811. The zero-order valence-corrected chi connectivity index (χ0v) is 13.6. The van der Waals surface area contributed by atoms with Crippen LogP contribution in [-0.4, -0.2) is 29.0 Å². The van der Waals surface area contributed by atoms with Crippen molar-refractivity contribution < 1.29 is 18.7 Å². The Balaban J connectivity index is 1.56. The van der Waals surface area contributed by atoms with E-state index < -0.39 is 11.4 Å². The number of amides is 1. The fourth-order valence-corrected chi connectivity index (χ4v) is 3.49. The number of nitrogens with zero attached hydrogens (tertiary/aromatic N) is 1. The van der Waals surface area contributed by atoms with E-state index in [4.69, 9.17) is 4.42 Å². The van der Waals surface area contributed by atoms with Gasteiger partial charge >= 0.3 is 0 Å². The summed E-state index contributed by atoms with van der Waals surface area (Å²) < 4.78 is 19.2. The van der Waals surface area contributed by atoms with Crippen molar-refractivity contribution in [3.8, 4) is 0 Å². The van der Waals surface area contributed by atoms with Crippen molar-refractivity contribution in [2.24, 2.45) is 0 Å². The molecule has 0 unspecified atom stereocenters. The van der Waals surface area contributed by atoms with E-state index in [1.54, 1.807) is 11.0 Å². The maximum atomic E-state index is 13.8. The maximum absolute atomic E-state index is 13.8. The van der Waals surface area contributed by atoms with E-state index in [0.717, 1.165) is 5.56 Å². The van der Waals surface area contributed by atoms with E-state index in [-0.39, 0.29) is 11.5 Å². The summed E-state index contributed by atoms with van der Waals surface area (Å²) >= 11 is 0. The topological polar surface area (TPSA) is 53.7 Å². The minimum atomic E-state index is -0.931. The van der Waals surface area contributed by atoms with Crippen LogP contribution >= 0.6 is 0 Å². The number of rotatable bonds is 2. The van der Waals surface area contributed by atoms with Gasteiger partial charge in [0.05, 0.1) is 17.4 Å². The number of hydrogen-bond acceptors (Lipinski definition) is 3. The zero-order chi connectivity index (χ0) is 17.4. The monoisotopic (exact) mass is 339 g/mol. The first kappa shape index (κ1) is 15.8. The van der Waals surface area contributed by atoms with Crippen LogP contribution in [0.2, 0.25) is 0 Å². The number of benzene rings is 2. The SMILES string of the molecule is O=C(c1cc(F)cc2ccoc12)N1CCC(O)(c2ccccc2)CC1. The molecule has 3 aromatic rings. The van der Waals surface area contributed by atoms with Crippen molar-refractivity contribution in [1.29, 1.82) is 0 Å². The molecule has 0 aliphatic carbocycles. The van der Waals surface area contributed by atoms with E-state index in [1.807, 2.05) is 30.3 Å². The first-order valence-electron chi connectivity index (χ1n) is 8.31. The first-order valence-corrected chi connectivity index (χ1v) is 8.31. The fourth-order valence-electron chi connectivity index (χ4n) is 3.49. The smallest absolute Gasteiger partial charge is 0.257 e. The maximum Gasteiger partial charge on any atom is 0.257 e. The molecule has 2 aromatic carbocycles. The third-order valence-electron chi connectivity index (χ3n) is 4.94. The molecule has 1 saturated heterocycles. The lowest BCUT2D eigenvalue weighted by Gasteiger charge is -2.38. The molecule has 0 saturated carbocycles. The highest BCUT2D eigenvalue weighted by molar-refractivity contribution is 6.04. The van der Waals surface area contributed by atoms with Gasteiger partial charge in [0.15, 0.2) is 0 Å². The van der Waals surface area contributed by atoms with Crippen molar-refractivity contribution in [1.82, 2.24) is 4.90 Å². The average Bonchev–Trinajstić information content (AvgIpc) is 3.10. The lowest BCUT2D eigenvalue weighted by atomic mass is 9.84. The van der Waals surface area contributed by atoms with Crippen LogP contribution in [0, 0.1) is 5.82 Å². The number of hydrogen-bond donors (Lipinski definition) is 1. The Labute approximate surface area is 144 Å². The van der Waals surface area contributed by atoms with Gasteiger partial charge in [0.25, 0.3) is 5.91 Å². The summed E-state index contributed by atoms with van der Waals surface area (Å²) in [7, 11) is 0. The molecule has 1 N–H and O–H groups in total. The number of furan rings is 1. The number of likely N-dealkylation sites (tertiary alicyclic amines) is 1. The Hall–Kier alpha value is -2.66. The Kier molecular flexibility index (Phi) is 3.81. The van der Waals surface area contributed by atoms with Gasteiger partial charge in [0.1, 0.15) is 11.4 Å². The minimum Gasteiger partial charge on any atom is -0.464 e. The lowest BCUT2D eigenvalue weighted by molar-refractivity contribution is -0.0211. The second-order valence-corrected chi connectivity index (χ2v) is 6.48. The van der Waals surface area contributed by atoms with Gasteiger partial charge in [0, 0.05) is 18.5 Å². The van der Waals surface area contributed by atoms with E-state index in [9.17, 15) is 14.3 Å². The van der Waals surface area contributed by atoms with Gasteiger partial charge in [-0.15, -0.1) is 0 Å². The highest BCUT2D eigenvalue weighted by Crippen LogP contribution is 2.33. The van der Waals surface area contributed by atoms with E-state index in [2.05, 4.69) is 0 Å². The summed E-state index contributed by atoms with van der Waals surface area (Å²) in [4.78, 5) is 14.5. The summed E-state index contributed by atoms with van der Waals surface area (Å²) in [6, 6.07) is 13.7. The lowest BCUT2D eigenvalue weighted by Crippen LogP contribution is -2.45. The molecule has 4 rings (SSSR count). The summed E-state index contributed by atoms with van der Waals surface area (Å²) in [5.74, 6) is -0.732. The van der Waals surface area contributed by atoms with Crippen LogP contribution in [0.25, 0.3) is 11.0 Å². The molecule has 0 spiro atoms. The van der Waals surface area contributed by atoms with E-state index in [0.29, 0.717) is 36.9 Å². The molecule has 0 radical (unpaired) electrons. The summed E-state index contributed by atoms with van der Waals surface area (Å²) in [5.41, 5.74) is 0.557. The standard InChI is InChI=1S/C20H18FNO3/c21-16-12-14-6-11-25-18(14)17(13-16)19(23)22-9-7-20(24,8-10-22)15-4-2-1-3-5-15/h1-6,11-13,24H,7-10H2. The van der Waals surface area contributed by atoms with Crippen LogP contribution in [0.15, 0.2) is 59.2 Å². The van der Waals surface area contributed by atoms with Gasteiger partial charge in [-0.05, 0) is 36.6 Å². The quantitative estimate of drug-likeness (QED) is 0.775. The molecular formula is C20H18FNO3. The third kappa shape index (κ3) is 2.81. The van der Waals surface area contributed by atoms with Gasteiger partial charge in [-0.3, -0.25) is 4.79 Å². The van der Waals surface area contributed by atoms with Crippen LogP contribution in [0.5, 0.6) is 0 Å². The fraction of sp³-hybridized carbons (Fsp3) is 0.250. The Morgan fingerprint density at radius 1 is 1.12 bits per heavy atom. The van der Waals surface area contributed by atoms with Crippen molar-refractivity contribution in [3.63, 3.8) is 0 Å². The number of aliphatic hydroxyl groups is 1. The zero-order valence-electron chi connectivity index (χ0n) is 13.6.